The van der Waals surface area contributed by atoms with Crippen LogP contribution in [0.3, 0.4) is 0 Å². The highest BCUT2D eigenvalue weighted by Crippen LogP contribution is 2.28. The average molecular weight is 391 g/mol. The van der Waals surface area contributed by atoms with Crippen LogP contribution in [-0.4, -0.2) is 45.8 Å². The third kappa shape index (κ3) is 4.33. The van der Waals surface area contributed by atoms with E-state index >= 15 is 0 Å². The van der Waals surface area contributed by atoms with Crippen molar-refractivity contribution in [3.8, 4) is 0 Å². The van der Waals surface area contributed by atoms with E-state index in [1.165, 1.54) is 26.6 Å². The van der Waals surface area contributed by atoms with E-state index in [-0.39, 0.29) is 17.3 Å². The van der Waals surface area contributed by atoms with Gasteiger partial charge in [0.15, 0.2) is 0 Å². The zero-order valence-corrected chi connectivity index (χ0v) is 16.5. The predicted octanol–water partition coefficient (Wildman–Crippen LogP) is 2.45. The van der Waals surface area contributed by atoms with Crippen molar-refractivity contribution in [2.45, 2.75) is 30.7 Å². The molecule has 27 heavy (non-hydrogen) atoms. The van der Waals surface area contributed by atoms with Gasteiger partial charge in [0.2, 0.25) is 10.0 Å². The van der Waals surface area contributed by atoms with Gasteiger partial charge in [-0.25, -0.2) is 12.7 Å². The van der Waals surface area contributed by atoms with Gasteiger partial charge in [-0.2, -0.15) is 0 Å². The number of nitrogens with one attached hydrogen (secondary N) is 1. The van der Waals surface area contributed by atoms with E-state index in [4.69, 9.17) is 4.42 Å². The quantitative estimate of drug-likeness (QED) is 0.818. The maximum Gasteiger partial charge on any atom is 0.253 e. The molecule has 0 atom stereocenters. The number of hydrogen-bond acceptors (Lipinski definition) is 5. The van der Waals surface area contributed by atoms with Crippen molar-refractivity contribution in [3.05, 3.63) is 47.9 Å². The minimum absolute atomic E-state index is 0.108. The zero-order chi connectivity index (χ0) is 19.4. The van der Waals surface area contributed by atoms with Crippen LogP contribution < -0.4 is 10.2 Å². The Morgan fingerprint density at radius 2 is 1.93 bits per heavy atom. The molecule has 8 heteroatoms. The summed E-state index contributed by atoms with van der Waals surface area (Å²) >= 11 is 0. The van der Waals surface area contributed by atoms with Crippen LogP contribution in [0.1, 0.15) is 35.4 Å². The van der Waals surface area contributed by atoms with Crippen molar-refractivity contribution >= 4 is 21.6 Å². The number of benzene rings is 1. The fourth-order valence-corrected chi connectivity index (χ4v) is 4.08. The van der Waals surface area contributed by atoms with E-state index in [1.807, 2.05) is 0 Å². The highest BCUT2D eigenvalue weighted by Gasteiger charge is 2.24. The highest BCUT2D eigenvalue weighted by molar-refractivity contribution is 7.89. The molecule has 2 heterocycles. The molecule has 1 N–H and O–H groups in total. The van der Waals surface area contributed by atoms with E-state index in [9.17, 15) is 13.2 Å². The summed E-state index contributed by atoms with van der Waals surface area (Å²) in [7, 11) is -0.669. The largest absolute Gasteiger partial charge is 0.467 e. The molecule has 2 aromatic rings. The summed E-state index contributed by atoms with van der Waals surface area (Å²) in [4.78, 5) is 15.1. The molecule has 0 radical (unpaired) electrons. The van der Waals surface area contributed by atoms with Gasteiger partial charge in [-0.1, -0.05) is 0 Å². The first-order valence-corrected chi connectivity index (χ1v) is 10.5. The Labute approximate surface area is 160 Å². The lowest BCUT2D eigenvalue weighted by Crippen LogP contribution is -2.33. The molecule has 1 amide bonds. The minimum Gasteiger partial charge on any atom is -0.467 e. The average Bonchev–Trinajstić information content (AvgIpc) is 3.20. The molecule has 0 aliphatic carbocycles. The standard InChI is InChI=1S/C19H25N3O4S/c1-21(2)27(24,25)16-8-9-18(22-10-4-3-5-11-22)17(13-16)19(23)20-14-15-7-6-12-26-15/h6-9,12-13H,3-5,10-11,14H2,1-2H3,(H,20,23). The van der Waals surface area contributed by atoms with Crippen LogP contribution in [0, 0.1) is 0 Å². The first-order chi connectivity index (χ1) is 12.9. The second kappa shape index (κ2) is 8.14. The number of amides is 1. The van der Waals surface area contributed by atoms with Crippen LogP contribution in [0.4, 0.5) is 5.69 Å². The van der Waals surface area contributed by atoms with Gasteiger partial charge < -0.3 is 14.6 Å². The Kier molecular flexibility index (Phi) is 5.86. The predicted molar refractivity (Wildman–Crippen MR) is 103 cm³/mol. The number of nitrogens with zero attached hydrogens (tertiary/aromatic N) is 2. The lowest BCUT2D eigenvalue weighted by Gasteiger charge is -2.30. The van der Waals surface area contributed by atoms with Crippen LogP contribution in [0.15, 0.2) is 45.9 Å². The molecule has 1 aliphatic heterocycles. The van der Waals surface area contributed by atoms with Gasteiger partial charge in [-0.05, 0) is 49.6 Å². The smallest absolute Gasteiger partial charge is 0.253 e. The van der Waals surface area contributed by atoms with Crippen molar-refractivity contribution in [2.75, 3.05) is 32.1 Å². The molecule has 146 valence electrons. The molecule has 1 aromatic carbocycles. The third-order valence-electron chi connectivity index (χ3n) is 4.69. The molecule has 0 bridgehead atoms. The minimum atomic E-state index is -3.62. The van der Waals surface area contributed by atoms with Crippen molar-refractivity contribution < 1.29 is 17.6 Å². The molecule has 7 nitrogen and oxygen atoms in total. The molecule has 0 saturated carbocycles. The van der Waals surface area contributed by atoms with Crippen LogP contribution in [-0.2, 0) is 16.6 Å². The Bertz CT molecular complexity index is 886. The van der Waals surface area contributed by atoms with E-state index in [2.05, 4.69) is 10.2 Å². The maximum absolute atomic E-state index is 12.9. The van der Waals surface area contributed by atoms with Gasteiger partial charge in [0.05, 0.1) is 23.3 Å². The van der Waals surface area contributed by atoms with Crippen LogP contribution in [0.5, 0.6) is 0 Å². The fourth-order valence-electron chi connectivity index (χ4n) is 3.15. The molecule has 1 aromatic heterocycles. The molecule has 1 aliphatic rings. The van der Waals surface area contributed by atoms with Gasteiger partial charge in [0.1, 0.15) is 5.76 Å². The lowest BCUT2D eigenvalue weighted by molar-refractivity contribution is 0.0948. The molecular formula is C19H25N3O4S. The molecule has 3 rings (SSSR count). The summed E-state index contributed by atoms with van der Waals surface area (Å²) in [6, 6.07) is 8.31. The monoisotopic (exact) mass is 391 g/mol. The topological polar surface area (TPSA) is 82.9 Å². The van der Waals surface area contributed by atoms with E-state index in [1.54, 1.807) is 30.5 Å². The number of hydrogen-bond donors (Lipinski definition) is 1. The molecule has 0 spiro atoms. The SMILES string of the molecule is CN(C)S(=O)(=O)c1ccc(N2CCCCC2)c(C(=O)NCc2ccco2)c1. The van der Waals surface area contributed by atoms with Gasteiger partial charge in [-0.3, -0.25) is 4.79 Å². The summed E-state index contributed by atoms with van der Waals surface area (Å²) in [6.07, 6.45) is 4.84. The second-order valence-electron chi connectivity index (χ2n) is 6.78. The second-order valence-corrected chi connectivity index (χ2v) is 8.93. The molecule has 0 unspecified atom stereocenters. The zero-order valence-electron chi connectivity index (χ0n) is 15.6. The summed E-state index contributed by atoms with van der Waals surface area (Å²) in [5.74, 6) is 0.322. The van der Waals surface area contributed by atoms with Crippen molar-refractivity contribution in [1.29, 1.82) is 0 Å². The van der Waals surface area contributed by atoms with E-state index in [0.29, 0.717) is 11.3 Å². The van der Waals surface area contributed by atoms with Gasteiger partial charge in [0.25, 0.3) is 5.91 Å². The molecule has 1 saturated heterocycles. The summed E-state index contributed by atoms with van der Waals surface area (Å²) in [6.45, 7) is 1.96. The number of furan rings is 1. The summed E-state index contributed by atoms with van der Waals surface area (Å²) in [5.41, 5.74) is 1.13. The first kappa shape index (κ1) is 19.4. The normalized spacial score (nSPS) is 15.1. The summed E-state index contributed by atoms with van der Waals surface area (Å²) in [5, 5.41) is 2.82. The number of rotatable bonds is 6. The lowest BCUT2D eigenvalue weighted by atomic mass is 10.1. The van der Waals surface area contributed by atoms with Gasteiger partial charge in [0, 0.05) is 32.9 Å². The third-order valence-corrected chi connectivity index (χ3v) is 6.50. The van der Waals surface area contributed by atoms with Crippen LogP contribution >= 0.6 is 0 Å². The number of piperidine rings is 1. The van der Waals surface area contributed by atoms with E-state index < -0.39 is 10.0 Å². The van der Waals surface area contributed by atoms with Gasteiger partial charge in [-0.15, -0.1) is 0 Å². The fraction of sp³-hybridized carbons (Fsp3) is 0.421. The first-order valence-electron chi connectivity index (χ1n) is 9.01. The number of sulfonamides is 1. The number of carbonyl (C=O) groups excluding carboxylic acids is 1. The molecule has 1 fully saturated rings. The van der Waals surface area contributed by atoms with Crippen LogP contribution in [0.2, 0.25) is 0 Å². The number of anilines is 1. The highest BCUT2D eigenvalue weighted by atomic mass is 32.2. The Morgan fingerprint density at radius 3 is 2.56 bits per heavy atom. The summed E-state index contributed by atoms with van der Waals surface area (Å²) < 4.78 is 31.4. The van der Waals surface area contributed by atoms with Crippen LogP contribution in [0.25, 0.3) is 0 Å². The van der Waals surface area contributed by atoms with Gasteiger partial charge >= 0.3 is 0 Å². The Morgan fingerprint density at radius 1 is 1.19 bits per heavy atom. The van der Waals surface area contributed by atoms with Crippen molar-refractivity contribution in [3.63, 3.8) is 0 Å². The Hall–Kier alpha value is -2.32. The van der Waals surface area contributed by atoms with Crippen molar-refractivity contribution in [1.82, 2.24) is 9.62 Å². The Balaban J connectivity index is 1.94. The maximum atomic E-state index is 12.9. The van der Waals surface area contributed by atoms with Crippen molar-refractivity contribution in [2.24, 2.45) is 0 Å². The van der Waals surface area contributed by atoms with E-state index in [0.717, 1.165) is 35.9 Å². The molecular weight excluding hydrogens is 366 g/mol. The number of carbonyl (C=O) groups is 1.